The maximum atomic E-state index is 13.2. The van der Waals surface area contributed by atoms with Crippen molar-refractivity contribution >= 4 is 23.8 Å². The van der Waals surface area contributed by atoms with Gasteiger partial charge in [-0.15, -0.1) is 0 Å². The number of aliphatic hydroxyl groups excluding tert-OH is 1. The zero-order valence-corrected chi connectivity index (χ0v) is 23.7. The van der Waals surface area contributed by atoms with Gasteiger partial charge in [-0.1, -0.05) is 32.0 Å². The number of benzene rings is 1. The van der Waals surface area contributed by atoms with E-state index in [0.717, 1.165) is 0 Å². The number of aliphatic hydroxyl groups is 1. The van der Waals surface area contributed by atoms with Crippen molar-refractivity contribution in [2.24, 2.45) is 29.1 Å². The molecule has 1 amide bonds. The number of hydrogen-bond acceptors (Lipinski definition) is 9. The Kier molecular flexibility index (Phi) is 7.94. The number of carbonyl (C=O) groups is 4. The van der Waals surface area contributed by atoms with Gasteiger partial charge in [-0.3, -0.25) is 24.1 Å². The summed E-state index contributed by atoms with van der Waals surface area (Å²) in [4.78, 5) is 54.1. The number of fused-ring (bicyclic) bond motifs is 2. The Morgan fingerprint density at radius 1 is 1.02 bits per heavy atom. The van der Waals surface area contributed by atoms with E-state index in [2.05, 4.69) is 4.90 Å². The molecule has 2 saturated heterocycles. The topological polar surface area (TPSA) is 123 Å². The number of hydrogen-bond donors (Lipinski definition) is 1. The fraction of sp³-hybridized carbons (Fsp3) is 0.667. The highest BCUT2D eigenvalue weighted by atomic mass is 16.6. The minimum Gasteiger partial charge on any atom is -0.462 e. The lowest BCUT2D eigenvalue weighted by Crippen LogP contribution is -2.54. The van der Waals surface area contributed by atoms with E-state index in [9.17, 15) is 24.3 Å². The van der Waals surface area contributed by atoms with Crippen LogP contribution in [0, 0.1) is 29.1 Å². The molecule has 0 bridgehead atoms. The van der Waals surface area contributed by atoms with E-state index < -0.39 is 53.6 Å². The largest absolute Gasteiger partial charge is 0.462 e. The molecule has 1 aromatic carbocycles. The third-order valence-electron chi connectivity index (χ3n) is 9.70. The SMILES string of the molecule is CC(=O)O[C@H]1C[C@H](OC(C)=O)[C@@]2(C)[C@@H]1[C@@H](C)C[C@H]1OC(=O)[C@@H](CN3CCN(C(=O)c4ccccc4)CC3)[C@H]1[C@@H]2O. The van der Waals surface area contributed by atoms with Crippen molar-refractivity contribution in [3.8, 4) is 0 Å². The molecule has 0 spiro atoms. The zero-order valence-electron chi connectivity index (χ0n) is 23.7. The molecule has 4 aliphatic rings. The number of amides is 1. The summed E-state index contributed by atoms with van der Waals surface area (Å²) < 4.78 is 17.3. The number of rotatable bonds is 5. The summed E-state index contributed by atoms with van der Waals surface area (Å²) in [6.45, 7) is 9.32. The van der Waals surface area contributed by atoms with Crippen molar-refractivity contribution in [2.75, 3.05) is 32.7 Å². The van der Waals surface area contributed by atoms with Gasteiger partial charge in [0.25, 0.3) is 5.91 Å². The van der Waals surface area contributed by atoms with Crippen molar-refractivity contribution < 1.29 is 38.5 Å². The second-order valence-electron chi connectivity index (χ2n) is 12.1. The van der Waals surface area contributed by atoms with Crippen molar-refractivity contribution in [1.82, 2.24) is 9.80 Å². The molecule has 0 radical (unpaired) electrons. The number of piperazine rings is 1. The Hall–Kier alpha value is -2.98. The van der Waals surface area contributed by atoms with Crippen molar-refractivity contribution in [1.29, 1.82) is 0 Å². The lowest BCUT2D eigenvalue weighted by Gasteiger charge is -2.43. The van der Waals surface area contributed by atoms with Crippen LogP contribution in [0.2, 0.25) is 0 Å². The number of ether oxygens (including phenoxy) is 3. The molecule has 218 valence electrons. The van der Waals surface area contributed by atoms with Crippen LogP contribution in [0.15, 0.2) is 30.3 Å². The molecule has 2 heterocycles. The molecule has 2 aliphatic carbocycles. The first-order valence-corrected chi connectivity index (χ1v) is 14.3. The molecule has 10 heteroatoms. The van der Waals surface area contributed by atoms with E-state index in [4.69, 9.17) is 14.2 Å². The van der Waals surface area contributed by atoms with Crippen LogP contribution in [-0.4, -0.2) is 95.9 Å². The summed E-state index contributed by atoms with van der Waals surface area (Å²) in [5.41, 5.74) is -0.278. The number of nitrogens with zero attached hydrogens (tertiary/aromatic N) is 2. The maximum Gasteiger partial charge on any atom is 0.311 e. The molecule has 0 unspecified atom stereocenters. The molecular formula is C30H40N2O8. The van der Waals surface area contributed by atoms with Crippen LogP contribution in [0.25, 0.3) is 0 Å². The smallest absolute Gasteiger partial charge is 0.311 e. The van der Waals surface area contributed by atoms with Crippen LogP contribution in [0.5, 0.6) is 0 Å². The van der Waals surface area contributed by atoms with E-state index >= 15 is 0 Å². The van der Waals surface area contributed by atoms with Crippen LogP contribution in [0.3, 0.4) is 0 Å². The van der Waals surface area contributed by atoms with Gasteiger partial charge < -0.3 is 24.2 Å². The van der Waals surface area contributed by atoms with Crippen LogP contribution in [0.4, 0.5) is 0 Å². The summed E-state index contributed by atoms with van der Waals surface area (Å²) in [7, 11) is 0. The monoisotopic (exact) mass is 556 g/mol. The van der Waals surface area contributed by atoms with E-state index in [1.165, 1.54) is 13.8 Å². The minimum absolute atomic E-state index is 0.00665. The molecule has 1 N–H and O–H groups in total. The third kappa shape index (κ3) is 5.11. The second-order valence-corrected chi connectivity index (χ2v) is 12.1. The Bertz CT molecular complexity index is 1140. The molecule has 5 rings (SSSR count). The van der Waals surface area contributed by atoms with E-state index in [-0.39, 0.29) is 23.7 Å². The summed E-state index contributed by atoms with van der Waals surface area (Å²) in [5, 5.41) is 12.1. The summed E-state index contributed by atoms with van der Waals surface area (Å²) in [6.07, 6.45) is -1.86. The number of esters is 3. The van der Waals surface area contributed by atoms with E-state index in [0.29, 0.717) is 51.1 Å². The Morgan fingerprint density at radius 2 is 1.68 bits per heavy atom. The van der Waals surface area contributed by atoms with Gasteiger partial charge in [0.15, 0.2) is 0 Å². The lowest BCUT2D eigenvalue weighted by molar-refractivity contribution is -0.165. The Balaban J connectivity index is 1.34. The van der Waals surface area contributed by atoms with Crippen LogP contribution in [-0.2, 0) is 28.6 Å². The van der Waals surface area contributed by atoms with Crippen molar-refractivity contribution in [3.05, 3.63) is 35.9 Å². The molecular weight excluding hydrogens is 516 g/mol. The third-order valence-corrected chi connectivity index (χ3v) is 9.70. The van der Waals surface area contributed by atoms with Crippen LogP contribution >= 0.6 is 0 Å². The fourth-order valence-electron chi connectivity index (χ4n) is 7.96. The first kappa shape index (κ1) is 28.5. The summed E-state index contributed by atoms with van der Waals surface area (Å²) in [6, 6.07) is 9.19. The molecule has 4 fully saturated rings. The van der Waals surface area contributed by atoms with Gasteiger partial charge in [0, 0.05) is 75.8 Å². The molecule has 40 heavy (non-hydrogen) atoms. The fourth-order valence-corrected chi connectivity index (χ4v) is 7.96. The molecule has 0 aromatic heterocycles. The molecule has 10 nitrogen and oxygen atoms in total. The van der Waals surface area contributed by atoms with Gasteiger partial charge in [0.1, 0.15) is 18.3 Å². The predicted molar refractivity (Wildman–Crippen MR) is 143 cm³/mol. The molecule has 1 aromatic rings. The highest BCUT2D eigenvalue weighted by Gasteiger charge is 2.67. The highest BCUT2D eigenvalue weighted by Crippen LogP contribution is 2.59. The molecule has 2 aliphatic heterocycles. The second kappa shape index (κ2) is 11.1. The van der Waals surface area contributed by atoms with Gasteiger partial charge in [-0.05, 0) is 24.5 Å². The van der Waals surface area contributed by atoms with Crippen molar-refractivity contribution in [2.45, 2.75) is 65.0 Å². The van der Waals surface area contributed by atoms with E-state index in [1.807, 2.05) is 49.1 Å². The van der Waals surface area contributed by atoms with Gasteiger partial charge >= 0.3 is 17.9 Å². The van der Waals surface area contributed by atoms with E-state index in [1.54, 1.807) is 0 Å². The lowest BCUT2D eigenvalue weighted by atomic mass is 9.66. The van der Waals surface area contributed by atoms with Gasteiger partial charge in [0.2, 0.25) is 0 Å². The molecule has 2 saturated carbocycles. The average Bonchev–Trinajstić information content (AvgIpc) is 3.33. The van der Waals surface area contributed by atoms with Crippen LogP contribution in [0.1, 0.15) is 50.9 Å². The molecule has 9 atom stereocenters. The standard InChI is InChI=1S/C30H40N2O8/c1-17-14-22-25(27(35)30(4)24(39-19(3)34)15-23(26(17)30)38-18(2)33)21(29(37)40-22)16-31-10-12-32(13-11-31)28(36)20-8-6-5-7-9-20/h5-9,17,21-27,35H,10-16H2,1-4H3/t17-,21-,22+,23-,24-,25+,26+,27-,30-/m0/s1. The quantitative estimate of drug-likeness (QED) is 0.428. The summed E-state index contributed by atoms with van der Waals surface area (Å²) in [5.74, 6) is -2.61. The first-order valence-electron chi connectivity index (χ1n) is 14.3. The normalized spacial score (nSPS) is 37.6. The van der Waals surface area contributed by atoms with Crippen LogP contribution < -0.4 is 0 Å². The maximum absolute atomic E-state index is 13.2. The van der Waals surface area contributed by atoms with Gasteiger partial charge in [-0.2, -0.15) is 0 Å². The Morgan fingerprint density at radius 3 is 2.30 bits per heavy atom. The average molecular weight is 557 g/mol. The van der Waals surface area contributed by atoms with Gasteiger partial charge in [-0.25, -0.2) is 0 Å². The highest BCUT2D eigenvalue weighted by molar-refractivity contribution is 5.94. The zero-order chi connectivity index (χ0) is 28.8. The first-order chi connectivity index (χ1) is 19.0. The minimum atomic E-state index is -1.02. The number of carbonyl (C=O) groups excluding carboxylic acids is 4. The van der Waals surface area contributed by atoms with Crippen molar-refractivity contribution in [3.63, 3.8) is 0 Å². The predicted octanol–water partition coefficient (Wildman–Crippen LogP) is 1.89. The Labute approximate surface area is 234 Å². The summed E-state index contributed by atoms with van der Waals surface area (Å²) >= 11 is 0. The van der Waals surface area contributed by atoms with Gasteiger partial charge in [0.05, 0.1) is 12.0 Å².